The molecule has 0 amide bonds. The van der Waals surface area contributed by atoms with Gasteiger partial charge in [-0.1, -0.05) is 39.0 Å². The first kappa shape index (κ1) is 14.3. The lowest BCUT2D eigenvalue weighted by Gasteiger charge is -2.27. The minimum Gasteiger partial charge on any atom is -0.480 e. The molecule has 0 aromatic carbocycles. The van der Waals surface area contributed by atoms with Crippen LogP contribution in [0.3, 0.4) is 0 Å². The van der Waals surface area contributed by atoms with E-state index in [-0.39, 0.29) is 6.04 Å². The van der Waals surface area contributed by atoms with Crippen LogP contribution in [0.1, 0.15) is 57.2 Å². The second-order valence-electron chi connectivity index (χ2n) is 5.30. The van der Waals surface area contributed by atoms with Gasteiger partial charge in [0.25, 0.3) is 0 Å². The Labute approximate surface area is 116 Å². The maximum absolute atomic E-state index is 5.35. The summed E-state index contributed by atoms with van der Waals surface area (Å²) >= 11 is 0. The van der Waals surface area contributed by atoms with Gasteiger partial charge in [-0.15, -0.1) is 0 Å². The molecule has 4 nitrogen and oxygen atoms in total. The summed E-state index contributed by atoms with van der Waals surface area (Å²) in [6, 6.07) is 0.261. The third-order valence-corrected chi connectivity index (χ3v) is 3.96. The number of hydrogen-bond acceptors (Lipinski definition) is 4. The van der Waals surface area contributed by atoms with Gasteiger partial charge in [0.05, 0.1) is 13.2 Å². The van der Waals surface area contributed by atoms with Crippen LogP contribution in [-0.4, -0.2) is 23.6 Å². The molecule has 2 rings (SSSR count). The molecule has 1 aliphatic rings. The van der Waals surface area contributed by atoms with Crippen LogP contribution in [0.15, 0.2) is 12.4 Å². The van der Waals surface area contributed by atoms with E-state index >= 15 is 0 Å². The van der Waals surface area contributed by atoms with E-state index in [1.54, 1.807) is 19.5 Å². The average molecular weight is 263 g/mol. The molecule has 1 fully saturated rings. The molecule has 0 saturated heterocycles. The maximum Gasteiger partial charge on any atom is 0.236 e. The minimum atomic E-state index is 0.261. The first-order valence-corrected chi connectivity index (χ1v) is 7.43. The van der Waals surface area contributed by atoms with E-state index in [1.165, 1.54) is 32.1 Å². The number of nitrogens with zero attached hydrogens (tertiary/aromatic N) is 2. The summed E-state index contributed by atoms with van der Waals surface area (Å²) in [6.45, 7) is 3.08. The van der Waals surface area contributed by atoms with E-state index < -0.39 is 0 Å². The molecule has 0 aliphatic heterocycles. The van der Waals surface area contributed by atoms with E-state index in [0.717, 1.165) is 24.6 Å². The van der Waals surface area contributed by atoms with Gasteiger partial charge in [-0.2, -0.15) is 0 Å². The zero-order valence-electron chi connectivity index (χ0n) is 12.1. The summed E-state index contributed by atoms with van der Waals surface area (Å²) in [5.41, 5.74) is 0.956. The third-order valence-electron chi connectivity index (χ3n) is 3.96. The largest absolute Gasteiger partial charge is 0.480 e. The highest BCUT2D eigenvalue weighted by Crippen LogP contribution is 2.33. The van der Waals surface area contributed by atoms with Crippen molar-refractivity contribution in [3.8, 4) is 5.88 Å². The average Bonchev–Trinajstić information content (AvgIpc) is 2.48. The lowest BCUT2D eigenvalue weighted by Crippen LogP contribution is -2.26. The fraction of sp³-hybridized carbons (Fsp3) is 0.733. The summed E-state index contributed by atoms with van der Waals surface area (Å²) in [4.78, 5) is 8.75. The van der Waals surface area contributed by atoms with Crippen molar-refractivity contribution in [1.29, 1.82) is 0 Å². The highest BCUT2D eigenvalue weighted by Gasteiger charge is 2.23. The summed E-state index contributed by atoms with van der Waals surface area (Å²) in [7, 11) is 1.66. The second kappa shape index (κ2) is 7.43. The lowest BCUT2D eigenvalue weighted by molar-refractivity contribution is 0.292. The Morgan fingerprint density at radius 3 is 2.68 bits per heavy atom. The van der Waals surface area contributed by atoms with Crippen molar-refractivity contribution in [1.82, 2.24) is 15.3 Å². The Morgan fingerprint density at radius 2 is 2.00 bits per heavy atom. The van der Waals surface area contributed by atoms with E-state index in [9.17, 15) is 0 Å². The quantitative estimate of drug-likeness (QED) is 0.856. The number of rotatable bonds is 6. The lowest BCUT2D eigenvalue weighted by atomic mass is 9.84. The molecule has 19 heavy (non-hydrogen) atoms. The molecule has 106 valence electrons. The Hall–Kier alpha value is -1.16. The van der Waals surface area contributed by atoms with Crippen LogP contribution in [0, 0.1) is 5.92 Å². The first-order chi connectivity index (χ1) is 9.35. The zero-order valence-corrected chi connectivity index (χ0v) is 12.1. The number of aromatic nitrogens is 2. The molecule has 0 radical (unpaired) electrons. The Balaban J connectivity index is 2.09. The van der Waals surface area contributed by atoms with E-state index in [4.69, 9.17) is 4.74 Å². The normalized spacial score (nSPS) is 18.2. The molecular weight excluding hydrogens is 238 g/mol. The molecule has 4 heteroatoms. The number of methoxy groups -OCH3 is 1. The molecule has 1 aliphatic carbocycles. The predicted octanol–water partition coefficient (Wildman–Crippen LogP) is 3.11. The van der Waals surface area contributed by atoms with Gasteiger partial charge in [-0.05, 0) is 18.9 Å². The molecule has 1 N–H and O–H groups in total. The van der Waals surface area contributed by atoms with Crippen LogP contribution in [0.25, 0.3) is 0 Å². The third kappa shape index (κ3) is 3.90. The van der Waals surface area contributed by atoms with Crippen LogP contribution in [0.2, 0.25) is 0 Å². The van der Waals surface area contributed by atoms with Gasteiger partial charge in [-0.25, -0.2) is 4.98 Å². The molecule has 0 spiro atoms. The molecule has 1 atom stereocenters. The maximum atomic E-state index is 5.35. The molecule has 1 aromatic rings. The molecular formula is C15H25N3O. The summed E-state index contributed by atoms with van der Waals surface area (Å²) in [5, 5.41) is 3.54. The highest BCUT2D eigenvalue weighted by molar-refractivity contribution is 5.21. The smallest absolute Gasteiger partial charge is 0.236 e. The van der Waals surface area contributed by atoms with Crippen molar-refractivity contribution in [2.45, 2.75) is 51.5 Å². The SMILES string of the molecule is CCNC(CC1CCCCC1)c1nccnc1OC. The van der Waals surface area contributed by atoms with Gasteiger partial charge in [0.1, 0.15) is 5.69 Å². The van der Waals surface area contributed by atoms with Gasteiger partial charge < -0.3 is 10.1 Å². The van der Waals surface area contributed by atoms with Crippen LogP contribution >= 0.6 is 0 Å². The van der Waals surface area contributed by atoms with E-state index in [0.29, 0.717) is 5.88 Å². The zero-order chi connectivity index (χ0) is 13.5. The topological polar surface area (TPSA) is 47.0 Å². The van der Waals surface area contributed by atoms with Crippen molar-refractivity contribution in [2.75, 3.05) is 13.7 Å². The monoisotopic (exact) mass is 263 g/mol. The summed E-state index contributed by atoms with van der Waals surface area (Å²) in [5.74, 6) is 1.47. The summed E-state index contributed by atoms with van der Waals surface area (Å²) in [6.07, 6.45) is 11.4. The van der Waals surface area contributed by atoms with Crippen LogP contribution < -0.4 is 10.1 Å². The van der Waals surface area contributed by atoms with Crippen LogP contribution in [0.4, 0.5) is 0 Å². The Morgan fingerprint density at radius 1 is 1.26 bits per heavy atom. The molecule has 1 aromatic heterocycles. The highest BCUT2D eigenvalue weighted by atomic mass is 16.5. The first-order valence-electron chi connectivity index (χ1n) is 7.43. The summed E-state index contributed by atoms with van der Waals surface area (Å²) < 4.78 is 5.35. The fourth-order valence-corrected chi connectivity index (χ4v) is 3.03. The van der Waals surface area contributed by atoms with Gasteiger partial charge in [0.2, 0.25) is 5.88 Å². The van der Waals surface area contributed by atoms with Crippen LogP contribution in [-0.2, 0) is 0 Å². The number of nitrogens with one attached hydrogen (secondary N) is 1. The standard InChI is InChI=1S/C15H25N3O/c1-3-16-13(11-12-7-5-4-6-8-12)14-15(19-2)18-10-9-17-14/h9-10,12-13,16H,3-8,11H2,1-2H3. The van der Waals surface area contributed by atoms with Gasteiger partial charge in [-0.3, -0.25) is 4.98 Å². The fourth-order valence-electron chi connectivity index (χ4n) is 3.03. The van der Waals surface area contributed by atoms with Crippen molar-refractivity contribution in [3.05, 3.63) is 18.1 Å². The van der Waals surface area contributed by atoms with Crippen molar-refractivity contribution in [3.63, 3.8) is 0 Å². The predicted molar refractivity (Wildman–Crippen MR) is 76.2 cm³/mol. The number of ether oxygens (including phenoxy) is 1. The van der Waals surface area contributed by atoms with E-state index in [1.807, 2.05) is 0 Å². The molecule has 0 bridgehead atoms. The van der Waals surface area contributed by atoms with Crippen molar-refractivity contribution >= 4 is 0 Å². The molecule has 1 saturated carbocycles. The molecule has 1 heterocycles. The van der Waals surface area contributed by atoms with Gasteiger partial charge in [0, 0.05) is 12.4 Å². The van der Waals surface area contributed by atoms with Crippen molar-refractivity contribution in [2.24, 2.45) is 5.92 Å². The number of hydrogen-bond donors (Lipinski definition) is 1. The van der Waals surface area contributed by atoms with Gasteiger partial charge in [0.15, 0.2) is 0 Å². The second-order valence-corrected chi connectivity index (χ2v) is 5.30. The molecule has 1 unspecified atom stereocenters. The minimum absolute atomic E-state index is 0.261. The van der Waals surface area contributed by atoms with Gasteiger partial charge >= 0.3 is 0 Å². The van der Waals surface area contributed by atoms with Crippen LogP contribution in [0.5, 0.6) is 5.88 Å². The Kier molecular flexibility index (Phi) is 5.58. The van der Waals surface area contributed by atoms with E-state index in [2.05, 4.69) is 22.2 Å². The van der Waals surface area contributed by atoms with Crippen molar-refractivity contribution < 1.29 is 4.74 Å². The Bertz CT molecular complexity index is 377.